The lowest BCUT2D eigenvalue weighted by Gasteiger charge is -2.34. The molecule has 0 saturated carbocycles. The zero-order valence-corrected chi connectivity index (χ0v) is 15.0. The second-order valence-electron chi connectivity index (χ2n) is 6.93. The van der Waals surface area contributed by atoms with Gasteiger partial charge in [0, 0.05) is 6.54 Å². The average Bonchev–Trinajstić information content (AvgIpc) is 2.96. The van der Waals surface area contributed by atoms with Gasteiger partial charge in [0.1, 0.15) is 17.5 Å². The monoisotopic (exact) mass is 346 g/mol. The summed E-state index contributed by atoms with van der Waals surface area (Å²) in [7, 11) is 0. The Morgan fingerprint density at radius 3 is 2.52 bits per heavy atom. The quantitative estimate of drug-likeness (QED) is 0.873. The van der Waals surface area contributed by atoms with Crippen molar-refractivity contribution >= 4 is 0 Å². The number of hydrogen-bond donors (Lipinski definition) is 1. The largest absolute Gasteiger partial charge is 0.388 e. The second kappa shape index (κ2) is 8.06. The van der Waals surface area contributed by atoms with Crippen LogP contribution in [0.4, 0.5) is 4.39 Å². The number of nitrogens with zero attached hydrogens (tertiary/aromatic N) is 4. The number of aryl methyl sites for hydroxylation is 1. The van der Waals surface area contributed by atoms with Gasteiger partial charge in [0.2, 0.25) is 0 Å². The Kier molecular flexibility index (Phi) is 5.81. The van der Waals surface area contributed by atoms with Crippen molar-refractivity contribution < 1.29 is 9.50 Å². The van der Waals surface area contributed by atoms with E-state index < -0.39 is 6.10 Å². The maximum Gasteiger partial charge on any atom is 0.147 e. The molecule has 1 fully saturated rings. The van der Waals surface area contributed by atoms with Crippen LogP contribution in [0.5, 0.6) is 0 Å². The summed E-state index contributed by atoms with van der Waals surface area (Å²) in [5.41, 5.74) is 0.804. The molecule has 1 atom stereocenters. The molecule has 1 aromatic heterocycles. The van der Waals surface area contributed by atoms with E-state index in [-0.39, 0.29) is 11.7 Å². The van der Waals surface area contributed by atoms with Crippen molar-refractivity contribution in [2.45, 2.75) is 52.3 Å². The van der Waals surface area contributed by atoms with Crippen LogP contribution in [-0.4, -0.2) is 37.9 Å². The number of rotatable bonds is 6. The lowest BCUT2D eigenvalue weighted by atomic mass is 9.87. The average molecular weight is 346 g/mol. The standard InChI is InChI=1S/C19H27FN4O/c1-3-10-24-14(2)21-22-18(24)13-23-11-8-16(9-12-23)19(25)15-4-6-17(20)7-5-15/h4-7,16,19,25H,3,8-13H2,1-2H3. The van der Waals surface area contributed by atoms with Crippen LogP contribution in [0.15, 0.2) is 24.3 Å². The van der Waals surface area contributed by atoms with Gasteiger partial charge in [-0.2, -0.15) is 0 Å². The van der Waals surface area contributed by atoms with E-state index in [1.807, 2.05) is 6.92 Å². The van der Waals surface area contributed by atoms with E-state index in [1.165, 1.54) is 12.1 Å². The number of aliphatic hydroxyl groups excluding tert-OH is 1. The number of benzene rings is 1. The van der Waals surface area contributed by atoms with E-state index in [0.717, 1.165) is 62.7 Å². The highest BCUT2D eigenvalue weighted by Gasteiger charge is 2.27. The molecule has 3 rings (SSSR count). The number of hydrogen-bond acceptors (Lipinski definition) is 4. The highest BCUT2D eigenvalue weighted by Crippen LogP contribution is 2.31. The molecule has 0 amide bonds. The Hall–Kier alpha value is -1.79. The number of likely N-dealkylation sites (tertiary alicyclic amines) is 1. The third-order valence-electron chi connectivity index (χ3n) is 5.11. The molecule has 1 aliphatic heterocycles. The van der Waals surface area contributed by atoms with Gasteiger partial charge in [-0.3, -0.25) is 4.90 Å². The van der Waals surface area contributed by atoms with Crippen LogP contribution in [-0.2, 0) is 13.1 Å². The van der Waals surface area contributed by atoms with Gasteiger partial charge in [0.15, 0.2) is 0 Å². The van der Waals surface area contributed by atoms with E-state index in [1.54, 1.807) is 12.1 Å². The molecule has 5 nitrogen and oxygen atoms in total. The van der Waals surface area contributed by atoms with Crippen LogP contribution in [0, 0.1) is 18.7 Å². The van der Waals surface area contributed by atoms with Gasteiger partial charge >= 0.3 is 0 Å². The first-order valence-electron chi connectivity index (χ1n) is 9.13. The molecule has 2 aromatic rings. The number of aliphatic hydroxyl groups is 1. The smallest absolute Gasteiger partial charge is 0.147 e. The molecule has 1 unspecified atom stereocenters. The van der Waals surface area contributed by atoms with Gasteiger partial charge in [0.05, 0.1) is 12.6 Å². The summed E-state index contributed by atoms with van der Waals surface area (Å²) in [4.78, 5) is 2.38. The number of aromatic nitrogens is 3. The van der Waals surface area contributed by atoms with Gasteiger partial charge in [0.25, 0.3) is 0 Å². The highest BCUT2D eigenvalue weighted by molar-refractivity contribution is 5.19. The molecule has 6 heteroatoms. The fourth-order valence-electron chi connectivity index (χ4n) is 3.62. The van der Waals surface area contributed by atoms with Crippen LogP contribution in [0.2, 0.25) is 0 Å². The molecule has 25 heavy (non-hydrogen) atoms. The van der Waals surface area contributed by atoms with Crippen molar-refractivity contribution in [1.29, 1.82) is 0 Å². The van der Waals surface area contributed by atoms with Crippen LogP contribution in [0.25, 0.3) is 0 Å². The van der Waals surface area contributed by atoms with Gasteiger partial charge < -0.3 is 9.67 Å². The van der Waals surface area contributed by atoms with Crippen LogP contribution in [0.1, 0.15) is 49.5 Å². The third-order valence-corrected chi connectivity index (χ3v) is 5.11. The minimum Gasteiger partial charge on any atom is -0.388 e. The molecule has 1 aliphatic rings. The van der Waals surface area contributed by atoms with Crippen molar-refractivity contribution in [1.82, 2.24) is 19.7 Å². The Bertz CT molecular complexity index is 677. The number of piperidine rings is 1. The molecule has 2 heterocycles. The Labute approximate surface area is 148 Å². The van der Waals surface area contributed by atoms with Crippen molar-refractivity contribution in [2.75, 3.05) is 13.1 Å². The summed E-state index contributed by atoms with van der Waals surface area (Å²) in [6, 6.07) is 6.19. The molecule has 0 spiro atoms. The first kappa shape index (κ1) is 18.0. The molecular formula is C19H27FN4O. The van der Waals surface area contributed by atoms with Crippen molar-refractivity contribution in [3.05, 3.63) is 47.3 Å². The Balaban J connectivity index is 1.56. The van der Waals surface area contributed by atoms with Crippen LogP contribution >= 0.6 is 0 Å². The summed E-state index contributed by atoms with van der Waals surface area (Å²) in [6.07, 6.45) is 2.41. The molecule has 1 saturated heterocycles. The fraction of sp³-hybridized carbons (Fsp3) is 0.579. The maximum absolute atomic E-state index is 13.0. The minimum atomic E-state index is -0.520. The summed E-state index contributed by atoms with van der Waals surface area (Å²) >= 11 is 0. The summed E-state index contributed by atoms with van der Waals surface area (Å²) in [5, 5.41) is 19.1. The lowest BCUT2D eigenvalue weighted by molar-refractivity contribution is 0.0556. The first-order valence-corrected chi connectivity index (χ1v) is 9.13. The SMILES string of the molecule is CCCn1c(C)nnc1CN1CCC(C(O)c2ccc(F)cc2)CC1. The maximum atomic E-state index is 13.0. The molecule has 0 bridgehead atoms. The van der Waals surface area contributed by atoms with E-state index in [9.17, 15) is 9.50 Å². The van der Waals surface area contributed by atoms with Crippen molar-refractivity contribution in [2.24, 2.45) is 5.92 Å². The molecule has 136 valence electrons. The molecule has 0 radical (unpaired) electrons. The second-order valence-corrected chi connectivity index (χ2v) is 6.93. The topological polar surface area (TPSA) is 54.2 Å². The van der Waals surface area contributed by atoms with Gasteiger partial charge in [-0.15, -0.1) is 10.2 Å². The van der Waals surface area contributed by atoms with Crippen LogP contribution in [0.3, 0.4) is 0 Å². The third kappa shape index (κ3) is 4.25. The molecule has 1 aromatic carbocycles. The lowest BCUT2D eigenvalue weighted by Crippen LogP contribution is -2.36. The Morgan fingerprint density at radius 2 is 1.88 bits per heavy atom. The van der Waals surface area contributed by atoms with Gasteiger partial charge in [-0.1, -0.05) is 19.1 Å². The number of halogens is 1. The zero-order valence-electron chi connectivity index (χ0n) is 15.0. The first-order chi connectivity index (χ1) is 12.1. The fourth-order valence-corrected chi connectivity index (χ4v) is 3.62. The van der Waals surface area contributed by atoms with Crippen molar-refractivity contribution in [3.8, 4) is 0 Å². The van der Waals surface area contributed by atoms with E-state index >= 15 is 0 Å². The normalized spacial score (nSPS) is 17.8. The molecular weight excluding hydrogens is 319 g/mol. The summed E-state index contributed by atoms with van der Waals surface area (Å²) in [5.74, 6) is 1.95. The van der Waals surface area contributed by atoms with E-state index in [4.69, 9.17) is 0 Å². The minimum absolute atomic E-state index is 0.219. The molecule has 0 aliphatic carbocycles. The van der Waals surface area contributed by atoms with E-state index in [0.29, 0.717) is 0 Å². The Morgan fingerprint density at radius 1 is 1.20 bits per heavy atom. The van der Waals surface area contributed by atoms with Gasteiger partial charge in [-0.05, 0) is 62.9 Å². The highest BCUT2D eigenvalue weighted by atomic mass is 19.1. The van der Waals surface area contributed by atoms with Crippen LogP contribution < -0.4 is 0 Å². The molecule has 1 N–H and O–H groups in total. The predicted octanol–water partition coefficient (Wildman–Crippen LogP) is 3.08. The summed E-state index contributed by atoms with van der Waals surface area (Å²) < 4.78 is 15.2. The predicted molar refractivity (Wildman–Crippen MR) is 94.4 cm³/mol. The van der Waals surface area contributed by atoms with Gasteiger partial charge in [-0.25, -0.2) is 4.39 Å². The van der Waals surface area contributed by atoms with Crippen molar-refractivity contribution in [3.63, 3.8) is 0 Å². The zero-order chi connectivity index (χ0) is 17.8. The van der Waals surface area contributed by atoms with E-state index in [2.05, 4.69) is 26.6 Å². The summed E-state index contributed by atoms with van der Waals surface area (Å²) in [6.45, 7) is 7.78.